The molecular weight excluding hydrogens is 406 g/mol. The minimum Gasteiger partial charge on any atom is -0.367 e. The quantitative estimate of drug-likeness (QED) is 0.416. The molecule has 2 fully saturated rings. The molecule has 0 bridgehead atoms. The summed E-state index contributed by atoms with van der Waals surface area (Å²) in [7, 11) is 0. The molecule has 1 saturated heterocycles. The van der Waals surface area contributed by atoms with Gasteiger partial charge in [-0.1, -0.05) is 0 Å². The summed E-state index contributed by atoms with van der Waals surface area (Å²) in [5, 5.41) is 13.1. The Balaban J connectivity index is 1.49. The van der Waals surface area contributed by atoms with Crippen LogP contribution in [0, 0.1) is 11.6 Å². The zero-order valence-corrected chi connectivity index (χ0v) is 16.3. The maximum atomic E-state index is 13.5. The largest absolute Gasteiger partial charge is 0.367 e. The number of nitrogens with one attached hydrogen (secondary N) is 3. The molecule has 0 spiro atoms. The number of hydrogen-bond acceptors (Lipinski definition) is 6. The van der Waals surface area contributed by atoms with E-state index in [4.69, 9.17) is 0 Å². The van der Waals surface area contributed by atoms with Crippen LogP contribution in [0.1, 0.15) is 30.4 Å². The number of halogens is 2. The van der Waals surface area contributed by atoms with Gasteiger partial charge >= 0.3 is 0 Å². The number of aromatic nitrogens is 3. The number of carbonyl (C=O) groups is 2. The smallest absolute Gasteiger partial charge is 0.254 e. The second-order valence-electron chi connectivity index (χ2n) is 7.64. The number of nitrogens with zero attached hydrogens (tertiary/aromatic N) is 3. The van der Waals surface area contributed by atoms with E-state index in [1.807, 2.05) is 0 Å². The van der Waals surface area contributed by atoms with Crippen LogP contribution in [0.25, 0.3) is 11.7 Å². The Morgan fingerprint density at radius 2 is 1.94 bits per heavy atom. The van der Waals surface area contributed by atoms with Crippen molar-refractivity contribution in [3.8, 4) is 0 Å². The number of benzene rings is 1. The molecule has 3 aromatic rings. The van der Waals surface area contributed by atoms with Crippen LogP contribution in [-0.2, 0) is 16.1 Å². The molecule has 31 heavy (non-hydrogen) atoms. The van der Waals surface area contributed by atoms with Gasteiger partial charge in [-0.25, -0.2) is 13.8 Å². The van der Waals surface area contributed by atoms with Crippen molar-refractivity contribution in [2.24, 2.45) is 0 Å². The monoisotopic (exact) mass is 424 g/mol. The molecule has 3 N–H and O–H groups in total. The highest BCUT2D eigenvalue weighted by atomic mass is 19.1. The molecule has 8 nitrogen and oxygen atoms in total. The summed E-state index contributed by atoms with van der Waals surface area (Å²) in [6, 6.07) is 5.45. The fraction of sp³-hybridized carbons (Fsp3) is 0.238. The van der Waals surface area contributed by atoms with Gasteiger partial charge in [0, 0.05) is 35.9 Å². The molecule has 5 rings (SSSR count). The van der Waals surface area contributed by atoms with Crippen LogP contribution in [0.4, 0.5) is 20.4 Å². The highest BCUT2D eigenvalue weighted by Crippen LogP contribution is 2.28. The molecule has 0 radical (unpaired) electrons. The van der Waals surface area contributed by atoms with Gasteiger partial charge in [0.15, 0.2) is 5.65 Å². The van der Waals surface area contributed by atoms with Crippen molar-refractivity contribution in [3.05, 3.63) is 58.8 Å². The molecule has 158 valence electrons. The highest BCUT2D eigenvalue weighted by molar-refractivity contribution is 6.15. The lowest BCUT2D eigenvalue weighted by molar-refractivity contribution is -0.124. The molecule has 1 aliphatic carbocycles. The summed E-state index contributed by atoms with van der Waals surface area (Å²) in [6.45, 7) is 0.169. The van der Waals surface area contributed by atoms with Gasteiger partial charge in [-0.05, 0) is 36.6 Å². The summed E-state index contributed by atoms with van der Waals surface area (Å²) >= 11 is 0. The number of rotatable bonds is 6. The lowest BCUT2D eigenvalue weighted by Gasteiger charge is -2.12. The van der Waals surface area contributed by atoms with E-state index < -0.39 is 17.5 Å². The van der Waals surface area contributed by atoms with Gasteiger partial charge in [0.25, 0.3) is 5.91 Å². The molecule has 10 heteroatoms. The number of hydrogen-bond donors (Lipinski definition) is 3. The second-order valence-corrected chi connectivity index (χ2v) is 7.64. The minimum atomic E-state index is -0.648. The Bertz CT molecular complexity index is 1230. The Labute approximate surface area is 175 Å². The van der Waals surface area contributed by atoms with Crippen molar-refractivity contribution in [1.29, 1.82) is 0 Å². The standard InChI is InChI=1S/C21H18F2N6O2/c22-14-3-11(4-15(23)7-14)9-24-17-8-18(26-16-1-2-16)29-20(27-17)13(10-25-29)5-12-6-19(30)28-21(12)31/h3-5,7-8,10,16,26H,1-2,6,9H2,(H,24,27)(H,28,30,31). The first-order valence-electron chi connectivity index (χ1n) is 9.83. The SMILES string of the molecule is O=C1CC(=Cc2cnn3c(NC4CC4)cc(NCc4cc(F)cc(F)c4)nc23)C(=O)N1. The summed E-state index contributed by atoms with van der Waals surface area (Å²) in [4.78, 5) is 28.0. The van der Waals surface area contributed by atoms with Crippen LogP contribution in [-0.4, -0.2) is 32.5 Å². The average molecular weight is 424 g/mol. The van der Waals surface area contributed by atoms with E-state index in [0.717, 1.165) is 18.9 Å². The summed E-state index contributed by atoms with van der Waals surface area (Å²) in [6.07, 6.45) is 5.29. The number of imide groups is 1. The van der Waals surface area contributed by atoms with E-state index in [1.165, 1.54) is 12.1 Å². The highest BCUT2D eigenvalue weighted by Gasteiger charge is 2.25. The lowest BCUT2D eigenvalue weighted by Crippen LogP contribution is -2.19. The summed E-state index contributed by atoms with van der Waals surface area (Å²) < 4.78 is 28.6. The third-order valence-corrected chi connectivity index (χ3v) is 5.05. The van der Waals surface area contributed by atoms with E-state index in [2.05, 4.69) is 26.0 Å². The summed E-state index contributed by atoms with van der Waals surface area (Å²) in [5.74, 6) is -0.884. The predicted octanol–water partition coefficient (Wildman–Crippen LogP) is 2.62. The third-order valence-electron chi connectivity index (χ3n) is 5.05. The van der Waals surface area contributed by atoms with Crippen LogP contribution in [0.15, 0.2) is 36.0 Å². The molecule has 1 saturated carbocycles. The molecule has 2 amide bonds. The molecule has 0 unspecified atom stereocenters. The first-order valence-corrected chi connectivity index (χ1v) is 9.83. The second kappa shape index (κ2) is 7.46. The molecule has 2 aliphatic rings. The van der Waals surface area contributed by atoms with Crippen molar-refractivity contribution in [3.63, 3.8) is 0 Å². The van der Waals surface area contributed by atoms with Crippen molar-refractivity contribution < 1.29 is 18.4 Å². The lowest BCUT2D eigenvalue weighted by atomic mass is 10.1. The van der Waals surface area contributed by atoms with Crippen LogP contribution in [0.3, 0.4) is 0 Å². The van der Waals surface area contributed by atoms with Crippen LogP contribution in [0.2, 0.25) is 0 Å². The summed E-state index contributed by atoms with van der Waals surface area (Å²) in [5.41, 5.74) is 1.84. The van der Waals surface area contributed by atoms with Crippen molar-refractivity contribution in [1.82, 2.24) is 19.9 Å². The van der Waals surface area contributed by atoms with Gasteiger partial charge in [-0.2, -0.15) is 9.61 Å². The van der Waals surface area contributed by atoms with Gasteiger partial charge in [0.05, 0.1) is 12.6 Å². The average Bonchev–Trinajstić information content (AvgIpc) is 3.34. The number of amides is 2. The van der Waals surface area contributed by atoms with Gasteiger partial charge in [-0.15, -0.1) is 0 Å². The van der Waals surface area contributed by atoms with Crippen molar-refractivity contribution >= 4 is 35.2 Å². The maximum absolute atomic E-state index is 13.5. The normalized spacial score (nSPS) is 17.4. The zero-order chi connectivity index (χ0) is 21.5. The van der Waals surface area contributed by atoms with Gasteiger partial charge in [-0.3, -0.25) is 14.9 Å². The number of anilines is 2. The van der Waals surface area contributed by atoms with Crippen molar-refractivity contribution in [2.75, 3.05) is 10.6 Å². The number of carbonyl (C=O) groups excluding carboxylic acids is 2. The Morgan fingerprint density at radius 3 is 2.61 bits per heavy atom. The van der Waals surface area contributed by atoms with Gasteiger partial charge in [0.2, 0.25) is 5.91 Å². The van der Waals surface area contributed by atoms with Gasteiger partial charge < -0.3 is 10.6 Å². The van der Waals surface area contributed by atoms with E-state index >= 15 is 0 Å². The van der Waals surface area contributed by atoms with E-state index in [0.29, 0.717) is 40.0 Å². The van der Waals surface area contributed by atoms with Crippen LogP contribution < -0.4 is 16.0 Å². The minimum absolute atomic E-state index is 0.00638. The van der Waals surface area contributed by atoms with Crippen LogP contribution in [0.5, 0.6) is 0 Å². The van der Waals surface area contributed by atoms with E-state index in [-0.39, 0.29) is 18.9 Å². The first kappa shape index (κ1) is 19.2. The molecule has 3 heterocycles. The topological polar surface area (TPSA) is 100 Å². The Kier molecular flexibility index (Phi) is 4.61. The number of fused-ring (bicyclic) bond motifs is 1. The Morgan fingerprint density at radius 1 is 1.16 bits per heavy atom. The van der Waals surface area contributed by atoms with E-state index in [1.54, 1.807) is 22.9 Å². The first-order chi connectivity index (χ1) is 14.9. The fourth-order valence-electron chi connectivity index (χ4n) is 3.43. The van der Waals surface area contributed by atoms with E-state index in [9.17, 15) is 18.4 Å². The molecule has 2 aromatic heterocycles. The zero-order valence-electron chi connectivity index (χ0n) is 16.3. The maximum Gasteiger partial charge on any atom is 0.254 e. The van der Waals surface area contributed by atoms with Gasteiger partial charge in [0.1, 0.15) is 23.3 Å². The van der Waals surface area contributed by atoms with Crippen molar-refractivity contribution in [2.45, 2.75) is 31.8 Å². The predicted molar refractivity (Wildman–Crippen MR) is 109 cm³/mol. The molecule has 1 aliphatic heterocycles. The molecule has 1 aromatic carbocycles. The Hall–Kier alpha value is -3.82. The molecular formula is C21H18F2N6O2. The fourth-order valence-corrected chi connectivity index (χ4v) is 3.43. The molecule has 0 atom stereocenters. The third kappa shape index (κ3) is 4.09. The van der Waals surface area contributed by atoms with Crippen LogP contribution >= 0.6 is 0 Å².